The van der Waals surface area contributed by atoms with Crippen molar-refractivity contribution in [1.82, 2.24) is 25.4 Å². The zero-order valence-corrected chi connectivity index (χ0v) is 34.6. The molecule has 4 aliphatic heterocycles. The van der Waals surface area contributed by atoms with Gasteiger partial charge in [0.05, 0.1) is 34.0 Å². The molecule has 14 nitrogen and oxygen atoms in total. The number of fused-ring (bicyclic) bond motifs is 2. The first kappa shape index (κ1) is 41.0. The average Bonchev–Trinajstić information content (AvgIpc) is 3.53. The van der Waals surface area contributed by atoms with Crippen LogP contribution in [0.2, 0.25) is 0 Å². The maximum Gasteiger partial charge on any atom is 0.262 e. The highest BCUT2D eigenvalue weighted by atomic mass is 19.1. The molecular weight excluding hydrogens is 792 g/mol. The first-order valence-electron chi connectivity index (χ1n) is 21.7. The van der Waals surface area contributed by atoms with Gasteiger partial charge in [0, 0.05) is 80.6 Å². The van der Waals surface area contributed by atoms with E-state index >= 15 is 4.39 Å². The number of benzene rings is 3. The van der Waals surface area contributed by atoms with Gasteiger partial charge in [-0.1, -0.05) is 0 Å². The van der Waals surface area contributed by atoms with Crippen molar-refractivity contribution >= 4 is 51.8 Å². The van der Waals surface area contributed by atoms with Crippen molar-refractivity contribution in [3.05, 3.63) is 94.9 Å². The van der Waals surface area contributed by atoms with Crippen LogP contribution in [0.25, 0.3) is 10.9 Å². The van der Waals surface area contributed by atoms with E-state index in [1.165, 1.54) is 6.07 Å². The van der Waals surface area contributed by atoms with Crippen molar-refractivity contribution in [2.75, 3.05) is 49.1 Å². The Balaban J connectivity index is 0.726. The first-order chi connectivity index (χ1) is 30.0. The van der Waals surface area contributed by atoms with Gasteiger partial charge in [-0.3, -0.25) is 44.1 Å². The summed E-state index contributed by atoms with van der Waals surface area (Å²) < 4.78 is 21.9. The van der Waals surface area contributed by atoms with Crippen LogP contribution in [0.5, 0.6) is 5.75 Å². The molecule has 62 heavy (non-hydrogen) atoms. The number of nitriles is 1. The minimum absolute atomic E-state index is 0.0248. The van der Waals surface area contributed by atoms with E-state index in [0.717, 1.165) is 93.8 Å². The molecule has 3 saturated heterocycles. The molecule has 1 saturated carbocycles. The van der Waals surface area contributed by atoms with Crippen molar-refractivity contribution in [2.45, 2.75) is 82.5 Å². The van der Waals surface area contributed by atoms with Gasteiger partial charge in [0.25, 0.3) is 17.7 Å². The van der Waals surface area contributed by atoms with E-state index in [4.69, 9.17) is 4.74 Å². The maximum absolute atomic E-state index is 15.6. The molecule has 15 heteroatoms. The Morgan fingerprint density at radius 2 is 1.69 bits per heavy atom. The van der Waals surface area contributed by atoms with Crippen LogP contribution in [0.15, 0.2) is 66.9 Å². The number of halogens is 1. The summed E-state index contributed by atoms with van der Waals surface area (Å²) in [5.74, 6) is -1.58. The minimum atomic E-state index is -0.995. The molecule has 0 spiro atoms. The van der Waals surface area contributed by atoms with Gasteiger partial charge in [0.1, 0.15) is 23.7 Å². The number of rotatable bonds is 9. The maximum atomic E-state index is 15.6. The molecule has 2 atom stereocenters. The topological polar surface area (TPSA) is 168 Å². The van der Waals surface area contributed by atoms with Crippen LogP contribution in [0.4, 0.5) is 15.8 Å². The smallest absolute Gasteiger partial charge is 0.262 e. The SMILES string of the molecule is C[C@@H]1CN(c2ccc3c(c2)C(=O)N(C2CCC(=O)NC2=O)C3=O)CCN1CC1CCN(c2ccc(C(=O)NC3CCC(Oc4ccc(C#N)c5ncccc45)CC3)cc2F)CC1. The van der Waals surface area contributed by atoms with Gasteiger partial charge in [0.15, 0.2) is 0 Å². The lowest BCUT2D eigenvalue weighted by molar-refractivity contribution is -0.136. The number of piperazine rings is 1. The van der Waals surface area contributed by atoms with Gasteiger partial charge in [-0.15, -0.1) is 0 Å². The predicted octanol–water partition coefficient (Wildman–Crippen LogP) is 5.19. The molecule has 320 valence electrons. The number of amides is 5. The van der Waals surface area contributed by atoms with E-state index in [2.05, 4.69) is 43.3 Å². The zero-order valence-electron chi connectivity index (χ0n) is 34.6. The fraction of sp³-hybridized carbons (Fsp3) is 0.426. The zero-order chi connectivity index (χ0) is 43.1. The van der Waals surface area contributed by atoms with Crippen molar-refractivity contribution in [2.24, 2.45) is 5.92 Å². The van der Waals surface area contributed by atoms with Crippen molar-refractivity contribution < 1.29 is 33.1 Å². The van der Waals surface area contributed by atoms with Crippen LogP contribution >= 0.6 is 0 Å². The summed E-state index contributed by atoms with van der Waals surface area (Å²) in [5.41, 5.74) is 3.34. The Hall–Kier alpha value is -6.40. The van der Waals surface area contributed by atoms with Crippen LogP contribution in [0, 0.1) is 23.1 Å². The Bertz CT molecular complexity index is 2490. The molecule has 2 N–H and O–H groups in total. The van der Waals surface area contributed by atoms with E-state index in [1.54, 1.807) is 36.5 Å². The molecule has 5 amide bonds. The van der Waals surface area contributed by atoms with Crippen LogP contribution in [0.1, 0.15) is 94.9 Å². The number of imide groups is 2. The number of anilines is 2. The summed E-state index contributed by atoms with van der Waals surface area (Å²) >= 11 is 0. The molecule has 3 aromatic carbocycles. The van der Waals surface area contributed by atoms with E-state index in [-0.39, 0.29) is 48.1 Å². The number of ether oxygens (including phenoxy) is 1. The highest BCUT2D eigenvalue weighted by Crippen LogP contribution is 2.34. The minimum Gasteiger partial charge on any atom is -0.490 e. The van der Waals surface area contributed by atoms with Gasteiger partial charge < -0.3 is 19.9 Å². The summed E-state index contributed by atoms with van der Waals surface area (Å²) in [7, 11) is 0. The lowest BCUT2D eigenvalue weighted by Crippen LogP contribution is -2.54. The third kappa shape index (κ3) is 8.07. The lowest BCUT2D eigenvalue weighted by Gasteiger charge is -2.43. The number of carbonyl (C=O) groups excluding carboxylic acids is 5. The van der Waals surface area contributed by atoms with Gasteiger partial charge in [-0.2, -0.15) is 5.26 Å². The quantitative estimate of drug-likeness (QED) is 0.213. The fourth-order valence-corrected chi connectivity index (χ4v) is 9.86. The second kappa shape index (κ2) is 17.2. The van der Waals surface area contributed by atoms with E-state index in [0.29, 0.717) is 34.0 Å². The highest BCUT2D eigenvalue weighted by molar-refractivity contribution is 6.23. The number of hydrogen-bond acceptors (Lipinski definition) is 11. The monoisotopic (exact) mass is 840 g/mol. The van der Waals surface area contributed by atoms with Gasteiger partial charge in [-0.05, 0) is 118 Å². The summed E-state index contributed by atoms with van der Waals surface area (Å²) in [6.45, 7) is 6.89. The Kier molecular flexibility index (Phi) is 11.3. The molecule has 1 aromatic heterocycles. The van der Waals surface area contributed by atoms with Crippen LogP contribution in [0.3, 0.4) is 0 Å². The molecule has 5 heterocycles. The highest BCUT2D eigenvalue weighted by Gasteiger charge is 2.45. The second-order valence-corrected chi connectivity index (χ2v) is 17.3. The Morgan fingerprint density at radius 1 is 0.903 bits per heavy atom. The molecule has 5 aliphatic rings. The number of aromatic nitrogens is 1. The largest absolute Gasteiger partial charge is 0.490 e. The van der Waals surface area contributed by atoms with Crippen molar-refractivity contribution in [3.63, 3.8) is 0 Å². The Labute approximate surface area is 359 Å². The number of nitrogens with zero attached hydrogens (tertiary/aromatic N) is 6. The molecule has 1 aliphatic carbocycles. The predicted molar refractivity (Wildman–Crippen MR) is 228 cm³/mol. The lowest BCUT2D eigenvalue weighted by atomic mass is 9.92. The number of hydrogen-bond donors (Lipinski definition) is 2. The number of pyridine rings is 1. The van der Waals surface area contributed by atoms with Crippen LogP contribution in [-0.4, -0.2) is 108 Å². The fourth-order valence-electron chi connectivity index (χ4n) is 9.86. The van der Waals surface area contributed by atoms with E-state index in [1.807, 2.05) is 24.3 Å². The number of piperidine rings is 2. The van der Waals surface area contributed by atoms with Gasteiger partial charge in [-0.25, -0.2) is 4.39 Å². The Morgan fingerprint density at radius 3 is 2.44 bits per heavy atom. The van der Waals surface area contributed by atoms with Crippen LogP contribution in [-0.2, 0) is 9.59 Å². The molecule has 9 rings (SSSR count). The summed E-state index contributed by atoms with van der Waals surface area (Å²) in [6, 6.07) is 18.7. The third-order valence-electron chi connectivity index (χ3n) is 13.4. The molecule has 1 unspecified atom stereocenters. The standard InChI is InChI=1S/C47H49FN8O6/c1-28-26-55(33-8-11-35-37(24-33)47(61)56(46(35)60)40-13-15-42(57)52-45(40)59)22-21-54(28)27-29-16-19-53(20-17-29)39-12-4-30(23-38(39)48)44(58)51-32-6-9-34(10-7-32)62-41-14-5-31(25-49)43-36(41)3-2-18-50-43/h2-5,8,11-12,14,18,23-24,28-29,32,34,40H,6-7,9-10,13,15-17,19-22,26-27H2,1H3,(H,51,58)(H,52,57,59)/t28-,32?,34?,40?/m1/s1. The molecule has 0 bridgehead atoms. The molecule has 4 fully saturated rings. The van der Waals surface area contributed by atoms with E-state index in [9.17, 15) is 29.2 Å². The molecular formula is C47H49FN8O6. The average molecular weight is 841 g/mol. The normalized spacial score (nSPS) is 23.6. The van der Waals surface area contributed by atoms with Crippen LogP contribution < -0.4 is 25.2 Å². The summed E-state index contributed by atoms with van der Waals surface area (Å²) in [5, 5.41) is 15.6. The number of carbonyl (C=O) groups is 5. The summed E-state index contributed by atoms with van der Waals surface area (Å²) in [6.07, 6.45) is 6.66. The third-order valence-corrected chi connectivity index (χ3v) is 13.4. The van der Waals surface area contributed by atoms with E-state index < -0.39 is 35.5 Å². The molecule has 4 aromatic rings. The summed E-state index contributed by atoms with van der Waals surface area (Å²) in [4.78, 5) is 76.1. The molecule has 0 radical (unpaired) electrons. The van der Waals surface area contributed by atoms with Gasteiger partial charge in [0.2, 0.25) is 11.8 Å². The van der Waals surface area contributed by atoms with Gasteiger partial charge >= 0.3 is 0 Å². The first-order valence-corrected chi connectivity index (χ1v) is 21.7. The second-order valence-electron chi connectivity index (χ2n) is 17.3. The van der Waals surface area contributed by atoms with Crippen molar-refractivity contribution in [3.8, 4) is 11.8 Å². The van der Waals surface area contributed by atoms with Crippen molar-refractivity contribution in [1.29, 1.82) is 5.26 Å². The number of nitrogens with one attached hydrogen (secondary N) is 2.